The van der Waals surface area contributed by atoms with Crippen LogP contribution in [-0.2, 0) is 4.74 Å². The molecule has 2 heterocycles. The molecule has 1 amide bonds. The number of fused-ring (bicyclic) bond motifs is 1. The van der Waals surface area contributed by atoms with Gasteiger partial charge in [-0.3, -0.25) is 4.98 Å². The average Bonchev–Trinajstić information content (AvgIpc) is 2.60. The molecule has 0 bridgehead atoms. The quantitative estimate of drug-likeness (QED) is 0.743. The van der Waals surface area contributed by atoms with Crippen LogP contribution in [0.5, 0.6) is 0 Å². The largest absolute Gasteiger partial charge is 0.444 e. The Balaban J connectivity index is 1.54. The number of nitrogens with zero attached hydrogens (tertiary/aromatic N) is 2. The Morgan fingerprint density at radius 3 is 2.65 bits per heavy atom. The van der Waals surface area contributed by atoms with E-state index in [0.717, 1.165) is 37.9 Å². The molecule has 1 fully saturated rings. The van der Waals surface area contributed by atoms with Crippen molar-refractivity contribution in [3.8, 4) is 0 Å². The number of benzene rings is 1. The van der Waals surface area contributed by atoms with Crippen LogP contribution >= 0.6 is 0 Å². The zero-order valence-electron chi connectivity index (χ0n) is 16.4. The fraction of sp³-hybridized carbons (Fsp3) is 0.545. The van der Waals surface area contributed by atoms with E-state index in [2.05, 4.69) is 36.2 Å². The number of amides is 1. The number of likely N-dealkylation sites (tertiary alicyclic amines) is 1. The third-order valence-corrected chi connectivity index (χ3v) is 5.13. The normalized spacial score (nSPS) is 17.3. The topological polar surface area (TPSA) is 42.4 Å². The SMILES string of the molecule is CC(CC1CCN(C(=O)OC(C)(C)C)CC1)c1cnc2ccccc2c1. The molecule has 0 radical (unpaired) electrons. The van der Waals surface area contributed by atoms with Crippen LogP contribution in [0, 0.1) is 5.92 Å². The number of pyridine rings is 1. The molecule has 1 aromatic carbocycles. The van der Waals surface area contributed by atoms with Crippen LogP contribution in [0.4, 0.5) is 4.79 Å². The first-order valence-corrected chi connectivity index (χ1v) is 9.64. The number of aromatic nitrogens is 1. The summed E-state index contributed by atoms with van der Waals surface area (Å²) in [4.78, 5) is 18.6. The maximum atomic E-state index is 12.2. The standard InChI is InChI=1S/C22H30N2O2/c1-16(19-14-18-7-5-6-8-20(18)23-15-19)13-17-9-11-24(12-10-17)21(25)26-22(2,3)4/h5-8,14-17H,9-13H2,1-4H3. The minimum atomic E-state index is -0.425. The summed E-state index contributed by atoms with van der Waals surface area (Å²) in [6.07, 6.45) is 5.07. The lowest BCUT2D eigenvalue weighted by Crippen LogP contribution is -2.41. The van der Waals surface area contributed by atoms with Gasteiger partial charge in [-0.25, -0.2) is 4.79 Å². The summed E-state index contributed by atoms with van der Waals surface area (Å²) in [5.74, 6) is 1.13. The second-order valence-corrected chi connectivity index (χ2v) is 8.51. The summed E-state index contributed by atoms with van der Waals surface area (Å²) in [6.45, 7) is 9.61. The van der Waals surface area contributed by atoms with E-state index in [0.29, 0.717) is 11.8 Å². The molecule has 1 aromatic heterocycles. The van der Waals surface area contributed by atoms with E-state index in [-0.39, 0.29) is 6.09 Å². The molecule has 1 aliphatic rings. The van der Waals surface area contributed by atoms with Crippen LogP contribution in [0.3, 0.4) is 0 Å². The lowest BCUT2D eigenvalue weighted by atomic mass is 9.85. The fourth-order valence-electron chi connectivity index (χ4n) is 3.67. The number of hydrogen-bond donors (Lipinski definition) is 0. The van der Waals surface area contributed by atoms with E-state index in [4.69, 9.17) is 4.74 Å². The van der Waals surface area contributed by atoms with Crippen molar-refractivity contribution in [3.05, 3.63) is 42.1 Å². The molecule has 2 aromatic rings. The molecule has 1 unspecified atom stereocenters. The lowest BCUT2D eigenvalue weighted by molar-refractivity contribution is 0.0179. The lowest BCUT2D eigenvalue weighted by Gasteiger charge is -2.34. The molecule has 140 valence electrons. The molecule has 0 spiro atoms. The summed E-state index contributed by atoms with van der Waals surface area (Å²) in [6, 6.07) is 10.5. The van der Waals surface area contributed by atoms with Gasteiger partial charge in [-0.05, 0) is 69.6 Å². The maximum Gasteiger partial charge on any atom is 0.410 e. The minimum Gasteiger partial charge on any atom is -0.444 e. The maximum absolute atomic E-state index is 12.2. The third-order valence-electron chi connectivity index (χ3n) is 5.13. The van der Waals surface area contributed by atoms with Gasteiger partial charge in [0.15, 0.2) is 0 Å². The van der Waals surface area contributed by atoms with Crippen LogP contribution < -0.4 is 0 Å². The van der Waals surface area contributed by atoms with Gasteiger partial charge < -0.3 is 9.64 Å². The van der Waals surface area contributed by atoms with Crippen LogP contribution in [0.15, 0.2) is 36.5 Å². The van der Waals surface area contributed by atoms with Crippen molar-refractivity contribution in [2.24, 2.45) is 5.92 Å². The van der Waals surface area contributed by atoms with Crippen LogP contribution in [0.1, 0.15) is 58.4 Å². The number of para-hydroxylation sites is 1. The molecule has 4 heteroatoms. The van der Waals surface area contributed by atoms with Gasteiger partial charge in [-0.2, -0.15) is 0 Å². The van der Waals surface area contributed by atoms with Crippen molar-refractivity contribution < 1.29 is 9.53 Å². The molecule has 1 saturated heterocycles. The number of carbonyl (C=O) groups is 1. The van der Waals surface area contributed by atoms with Gasteiger partial charge in [-0.1, -0.05) is 25.1 Å². The summed E-state index contributed by atoms with van der Waals surface area (Å²) in [7, 11) is 0. The Kier molecular flexibility index (Phi) is 5.49. The molecule has 4 nitrogen and oxygen atoms in total. The van der Waals surface area contributed by atoms with Crippen LogP contribution in [0.25, 0.3) is 10.9 Å². The van der Waals surface area contributed by atoms with E-state index >= 15 is 0 Å². The monoisotopic (exact) mass is 354 g/mol. The Bertz CT molecular complexity index is 758. The summed E-state index contributed by atoms with van der Waals surface area (Å²) in [5, 5.41) is 1.21. The average molecular weight is 354 g/mol. The number of rotatable bonds is 3. The van der Waals surface area contributed by atoms with Gasteiger partial charge in [0.1, 0.15) is 5.60 Å². The predicted octanol–water partition coefficient (Wildman–Crippen LogP) is 5.38. The second kappa shape index (κ2) is 7.65. The molecule has 1 aliphatic heterocycles. The smallest absolute Gasteiger partial charge is 0.410 e. The second-order valence-electron chi connectivity index (χ2n) is 8.51. The molecule has 26 heavy (non-hydrogen) atoms. The van der Waals surface area contributed by atoms with E-state index in [9.17, 15) is 4.79 Å². The number of hydrogen-bond acceptors (Lipinski definition) is 3. The van der Waals surface area contributed by atoms with E-state index in [1.54, 1.807) is 0 Å². The summed E-state index contributed by atoms with van der Waals surface area (Å²) in [5.41, 5.74) is 1.93. The molecular formula is C22H30N2O2. The van der Waals surface area contributed by atoms with Gasteiger partial charge in [0.25, 0.3) is 0 Å². The molecule has 1 atom stereocenters. The molecule has 0 saturated carbocycles. The van der Waals surface area contributed by atoms with Crippen molar-refractivity contribution in [2.75, 3.05) is 13.1 Å². The van der Waals surface area contributed by atoms with Crippen molar-refractivity contribution in [3.63, 3.8) is 0 Å². The van der Waals surface area contributed by atoms with Gasteiger partial charge in [0.2, 0.25) is 0 Å². The highest BCUT2D eigenvalue weighted by molar-refractivity contribution is 5.78. The Morgan fingerprint density at radius 1 is 1.27 bits per heavy atom. The van der Waals surface area contributed by atoms with Gasteiger partial charge in [-0.15, -0.1) is 0 Å². The first kappa shape index (κ1) is 18.7. The van der Waals surface area contributed by atoms with Crippen LogP contribution in [-0.4, -0.2) is 34.7 Å². The van der Waals surface area contributed by atoms with E-state index < -0.39 is 5.60 Å². The van der Waals surface area contributed by atoms with Gasteiger partial charge >= 0.3 is 6.09 Å². The van der Waals surface area contributed by atoms with Crippen molar-refractivity contribution in [1.82, 2.24) is 9.88 Å². The fourth-order valence-corrected chi connectivity index (χ4v) is 3.67. The Hall–Kier alpha value is -2.10. The number of ether oxygens (including phenoxy) is 1. The number of carbonyl (C=O) groups excluding carboxylic acids is 1. The van der Waals surface area contributed by atoms with E-state index in [1.165, 1.54) is 10.9 Å². The summed E-state index contributed by atoms with van der Waals surface area (Å²) >= 11 is 0. The zero-order valence-corrected chi connectivity index (χ0v) is 16.4. The zero-order chi connectivity index (χ0) is 18.7. The van der Waals surface area contributed by atoms with Gasteiger partial charge in [0, 0.05) is 24.7 Å². The molecule has 0 N–H and O–H groups in total. The Labute approximate surface area is 156 Å². The minimum absolute atomic E-state index is 0.178. The molecule has 0 aliphatic carbocycles. The van der Waals surface area contributed by atoms with Crippen molar-refractivity contribution >= 4 is 17.0 Å². The first-order chi connectivity index (χ1) is 12.3. The van der Waals surface area contributed by atoms with Crippen LogP contribution in [0.2, 0.25) is 0 Å². The van der Waals surface area contributed by atoms with Gasteiger partial charge in [0.05, 0.1) is 5.52 Å². The number of piperidine rings is 1. The Morgan fingerprint density at radius 2 is 1.96 bits per heavy atom. The molecular weight excluding hydrogens is 324 g/mol. The predicted molar refractivity (Wildman–Crippen MR) is 105 cm³/mol. The van der Waals surface area contributed by atoms with Crippen molar-refractivity contribution in [1.29, 1.82) is 0 Å². The van der Waals surface area contributed by atoms with E-state index in [1.807, 2.05) is 37.9 Å². The highest BCUT2D eigenvalue weighted by Crippen LogP contribution is 2.31. The van der Waals surface area contributed by atoms with Crippen molar-refractivity contribution in [2.45, 2.75) is 58.5 Å². The third kappa shape index (κ3) is 4.75. The highest BCUT2D eigenvalue weighted by Gasteiger charge is 2.27. The summed E-state index contributed by atoms with van der Waals surface area (Å²) < 4.78 is 5.48. The molecule has 3 rings (SSSR count). The highest BCUT2D eigenvalue weighted by atomic mass is 16.6. The first-order valence-electron chi connectivity index (χ1n) is 9.64.